The lowest BCUT2D eigenvalue weighted by molar-refractivity contribution is -0.129. The molecule has 1 amide bonds. The number of likely N-dealkylation sites (N-methyl/N-ethyl adjacent to an activating group) is 1. The monoisotopic (exact) mass is 327 g/mol. The molecule has 0 bridgehead atoms. The van der Waals surface area contributed by atoms with Gasteiger partial charge in [-0.2, -0.15) is 0 Å². The second-order valence-electron chi connectivity index (χ2n) is 5.70. The maximum absolute atomic E-state index is 12.5. The van der Waals surface area contributed by atoms with E-state index in [0.717, 1.165) is 22.0 Å². The molecule has 0 saturated carbocycles. The zero-order valence-electron chi connectivity index (χ0n) is 13.2. The first-order valence-corrected chi connectivity index (χ1v) is 7.79. The van der Waals surface area contributed by atoms with Crippen LogP contribution in [0.15, 0.2) is 48.8 Å². The number of para-hydroxylation sites is 1. The van der Waals surface area contributed by atoms with Crippen LogP contribution < -0.4 is 0 Å². The van der Waals surface area contributed by atoms with E-state index in [-0.39, 0.29) is 5.91 Å². The standard InChI is InChI=1S/C18H18ClN3O/c1-21-12-14(15-5-3-4-6-16(15)21)9-18(23)22(2)11-13-7-8-17(19)20-10-13/h3-8,10,12H,9,11H2,1-2H3. The number of halogens is 1. The fourth-order valence-electron chi connectivity index (χ4n) is 2.73. The lowest BCUT2D eigenvalue weighted by atomic mass is 10.1. The molecule has 0 saturated heterocycles. The van der Waals surface area contributed by atoms with Crippen LogP contribution in [-0.2, 0) is 24.8 Å². The Balaban J connectivity index is 1.73. The van der Waals surface area contributed by atoms with Crippen molar-refractivity contribution < 1.29 is 4.79 Å². The average molecular weight is 328 g/mol. The van der Waals surface area contributed by atoms with Crippen LogP contribution in [-0.4, -0.2) is 27.4 Å². The Bertz CT molecular complexity index is 839. The fraction of sp³-hybridized carbons (Fsp3) is 0.222. The van der Waals surface area contributed by atoms with Crippen molar-refractivity contribution in [2.45, 2.75) is 13.0 Å². The summed E-state index contributed by atoms with van der Waals surface area (Å²) in [6.07, 6.45) is 4.11. The van der Waals surface area contributed by atoms with Gasteiger partial charge >= 0.3 is 0 Å². The zero-order chi connectivity index (χ0) is 16.4. The van der Waals surface area contributed by atoms with Gasteiger partial charge in [0.05, 0.1) is 6.42 Å². The molecule has 23 heavy (non-hydrogen) atoms. The maximum atomic E-state index is 12.5. The lowest BCUT2D eigenvalue weighted by Gasteiger charge is -2.17. The number of benzene rings is 1. The van der Waals surface area contributed by atoms with Crippen LogP contribution in [0.2, 0.25) is 5.15 Å². The first-order valence-electron chi connectivity index (χ1n) is 7.42. The first-order chi connectivity index (χ1) is 11.0. The third kappa shape index (κ3) is 3.37. The number of amides is 1. The van der Waals surface area contributed by atoms with E-state index in [9.17, 15) is 4.79 Å². The van der Waals surface area contributed by atoms with Crippen molar-refractivity contribution in [2.24, 2.45) is 7.05 Å². The van der Waals surface area contributed by atoms with Gasteiger partial charge < -0.3 is 9.47 Å². The van der Waals surface area contributed by atoms with Crippen LogP contribution >= 0.6 is 11.6 Å². The molecule has 3 rings (SSSR count). The highest BCUT2D eigenvalue weighted by molar-refractivity contribution is 6.29. The summed E-state index contributed by atoms with van der Waals surface area (Å²) in [7, 11) is 3.81. The summed E-state index contributed by atoms with van der Waals surface area (Å²) in [5.41, 5.74) is 3.15. The first kappa shape index (κ1) is 15.6. The Hall–Kier alpha value is -2.33. The number of aryl methyl sites for hydroxylation is 1. The van der Waals surface area contributed by atoms with E-state index in [4.69, 9.17) is 11.6 Å². The number of carbonyl (C=O) groups is 1. The van der Waals surface area contributed by atoms with Crippen LogP contribution in [0.3, 0.4) is 0 Å². The highest BCUT2D eigenvalue weighted by atomic mass is 35.5. The molecule has 1 aromatic carbocycles. The molecule has 0 spiro atoms. The van der Waals surface area contributed by atoms with E-state index in [1.165, 1.54) is 0 Å². The minimum atomic E-state index is 0.0799. The Morgan fingerprint density at radius 1 is 1.26 bits per heavy atom. The lowest BCUT2D eigenvalue weighted by Crippen LogP contribution is -2.27. The highest BCUT2D eigenvalue weighted by Gasteiger charge is 2.14. The molecule has 0 radical (unpaired) electrons. The summed E-state index contributed by atoms with van der Waals surface area (Å²) < 4.78 is 2.06. The van der Waals surface area contributed by atoms with E-state index in [1.54, 1.807) is 17.2 Å². The van der Waals surface area contributed by atoms with Crippen molar-refractivity contribution in [2.75, 3.05) is 7.05 Å². The molecule has 5 heteroatoms. The molecule has 3 aromatic rings. The van der Waals surface area contributed by atoms with Gasteiger partial charge in [-0.3, -0.25) is 4.79 Å². The third-order valence-electron chi connectivity index (χ3n) is 3.96. The minimum absolute atomic E-state index is 0.0799. The quantitative estimate of drug-likeness (QED) is 0.689. The number of rotatable bonds is 4. The van der Waals surface area contributed by atoms with Gasteiger partial charge in [-0.25, -0.2) is 4.98 Å². The molecular formula is C18H18ClN3O. The summed E-state index contributed by atoms with van der Waals surface area (Å²) in [5, 5.41) is 1.59. The van der Waals surface area contributed by atoms with Crippen molar-refractivity contribution in [3.05, 3.63) is 65.1 Å². The third-order valence-corrected chi connectivity index (χ3v) is 4.18. The molecule has 0 unspecified atom stereocenters. The largest absolute Gasteiger partial charge is 0.350 e. The predicted octanol–water partition coefficient (Wildman–Crippen LogP) is 3.43. The van der Waals surface area contributed by atoms with Gasteiger partial charge in [-0.1, -0.05) is 35.9 Å². The normalized spacial score (nSPS) is 10.9. The molecular weight excluding hydrogens is 310 g/mol. The van der Waals surface area contributed by atoms with Crippen LogP contribution in [0.5, 0.6) is 0 Å². The van der Waals surface area contributed by atoms with Crippen molar-refractivity contribution in [3.63, 3.8) is 0 Å². The number of aromatic nitrogens is 2. The molecule has 118 valence electrons. The number of pyridine rings is 1. The number of nitrogens with zero attached hydrogens (tertiary/aromatic N) is 3. The van der Waals surface area contributed by atoms with Crippen LogP contribution in [0, 0.1) is 0 Å². The SMILES string of the molecule is CN(Cc1ccc(Cl)nc1)C(=O)Cc1cn(C)c2ccccc12. The van der Waals surface area contributed by atoms with Gasteiger partial charge in [0.1, 0.15) is 5.15 Å². The minimum Gasteiger partial charge on any atom is -0.350 e. The highest BCUT2D eigenvalue weighted by Crippen LogP contribution is 2.21. The van der Waals surface area contributed by atoms with Crippen molar-refractivity contribution in [1.29, 1.82) is 0 Å². The number of hydrogen-bond acceptors (Lipinski definition) is 2. The van der Waals surface area contributed by atoms with Gasteiger partial charge in [0.15, 0.2) is 0 Å². The Labute approximate surface area is 140 Å². The van der Waals surface area contributed by atoms with Gasteiger partial charge in [-0.15, -0.1) is 0 Å². The molecule has 0 aliphatic carbocycles. The van der Waals surface area contributed by atoms with E-state index in [1.807, 2.05) is 38.5 Å². The van der Waals surface area contributed by atoms with Gasteiger partial charge in [-0.05, 0) is 23.3 Å². The molecule has 4 nitrogen and oxygen atoms in total. The van der Waals surface area contributed by atoms with Crippen LogP contribution in [0.1, 0.15) is 11.1 Å². The Morgan fingerprint density at radius 2 is 2.04 bits per heavy atom. The van der Waals surface area contributed by atoms with E-state index >= 15 is 0 Å². The van der Waals surface area contributed by atoms with Gasteiger partial charge in [0.25, 0.3) is 0 Å². The van der Waals surface area contributed by atoms with E-state index in [2.05, 4.69) is 21.7 Å². The fourth-order valence-corrected chi connectivity index (χ4v) is 2.84. The van der Waals surface area contributed by atoms with Crippen molar-refractivity contribution in [3.8, 4) is 0 Å². The number of fused-ring (bicyclic) bond motifs is 1. The predicted molar refractivity (Wildman–Crippen MR) is 92.3 cm³/mol. The summed E-state index contributed by atoms with van der Waals surface area (Å²) >= 11 is 5.78. The average Bonchev–Trinajstić information content (AvgIpc) is 2.86. The second-order valence-corrected chi connectivity index (χ2v) is 6.09. The Morgan fingerprint density at radius 3 is 2.78 bits per heavy atom. The molecule has 2 aromatic heterocycles. The Kier molecular flexibility index (Phi) is 4.35. The summed E-state index contributed by atoms with van der Waals surface area (Å²) in [6.45, 7) is 0.522. The van der Waals surface area contributed by atoms with Crippen molar-refractivity contribution >= 4 is 28.4 Å². The van der Waals surface area contributed by atoms with Gasteiger partial charge in [0.2, 0.25) is 5.91 Å². The van der Waals surface area contributed by atoms with Gasteiger partial charge in [0, 0.05) is 43.9 Å². The second kappa shape index (κ2) is 6.42. The molecule has 0 aliphatic rings. The van der Waals surface area contributed by atoms with Crippen molar-refractivity contribution in [1.82, 2.24) is 14.5 Å². The molecule has 0 atom stereocenters. The summed E-state index contributed by atoms with van der Waals surface area (Å²) in [6, 6.07) is 11.7. The summed E-state index contributed by atoms with van der Waals surface area (Å²) in [5.74, 6) is 0.0799. The number of hydrogen-bond donors (Lipinski definition) is 0. The number of carbonyl (C=O) groups excluding carboxylic acids is 1. The van der Waals surface area contributed by atoms with Crippen LogP contribution in [0.4, 0.5) is 0 Å². The van der Waals surface area contributed by atoms with E-state index < -0.39 is 0 Å². The molecule has 0 N–H and O–H groups in total. The maximum Gasteiger partial charge on any atom is 0.227 e. The topological polar surface area (TPSA) is 38.1 Å². The molecule has 0 aliphatic heterocycles. The smallest absolute Gasteiger partial charge is 0.227 e. The molecule has 2 heterocycles. The summed E-state index contributed by atoms with van der Waals surface area (Å²) in [4.78, 5) is 18.3. The molecule has 0 fully saturated rings. The zero-order valence-corrected chi connectivity index (χ0v) is 13.9. The van der Waals surface area contributed by atoms with E-state index in [0.29, 0.717) is 18.1 Å². The van der Waals surface area contributed by atoms with Crippen LogP contribution in [0.25, 0.3) is 10.9 Å².